The second kappa shape index (κ2) is 4.18. The maximum Gasteiger partial charge on any atom is 0.225 e. The molecule has 15 heavy (non-hydrogen) atoms. The molecule has 0 aliphatic rings. The van der Waals surface area contributed by atoms with Crippen LogP contribution in [-0.2, 0) is 0 Å². The molecule has 0 radical (unpaired) electrons. The Kier molecular flexibility index (Phi) is 2.73. The first-order chi connectivity index (χ1) is 7.31. The van der Waals surface area contributed by atoms with Crippen LogP contribution in [0.2, 0.25) is 5.15 Å². The van der Waals surface area contributed by atoms with Crippen LogP contribution in [0, 0.1) is 0 Å². The van der Waals surface area contributed by atoms with Crippen LogP contribution in [0.5, 0.6) is 0 Å². The van der Waals surface area contributed by atoms with Crippen LogP contribution >= 0.6 is 11.6 Å². The molecule has 0 bridgehead atoms. The Morgan fingerprint density at radius 3 is 2.87 bits per heavy atom. The smallest absolute Gasteiger partial charge is 0.225 e. The van der Waals surface area contributed by atoms with Crippen molar-refractivity contribution in [3.05, 3.63) is 29.8 Å². The lowest BCUT2D eigenvalue weighted by molar-refractivity contribution is 1.05. The summed E-state index contributed by atoms with van der Waals surface area (Å²) in [6, 6.07) is 3.59. The van der Waals surface area contributed by atoms with E-state index in [2.05, 4.69) is 25.3 Å². The molecular formula is C9H8ClN5. The van der Waals surface area contributed by atoms with Crippen molar-refractivity contribution in [3.63, 3.8) is 0 Å². The van der Waals surface area contributed by atoms with Gasteiger partial charge in [-0.15, -0.1) is 0 Å². The number of hydrogen-bond donors (Lipinski definition) is 1. The minimum Gasteiger partial charge on any atom is -0.357 e. The summed E-state index contributed by atoms with van der Waals surface area (Å²) >= 11 is 5.92. The maximum absolute atomic E-state index is 5.92. The Labute approximate surface area is 91.6 Å². The zero-order valence-electron chi connectivity index (χ0n) is 7.98. The highest BCUT2D eigenvalue weighted by atomic mass is 35.5. The van der Waals surface area contributed by atoms with Crippen LogP contribution in [0.1, 0.15) is 0 Å². The highest BCUT2D eigenvalue weighted by Gasteiger charge is 2.07. The molecule has 2 aromatic heterocycles. The fourth-order valence-corrected chi connectivity index (χ4v) is 1.30. The third kappa shape index (κ3) is 2.02. The van der Waals surface area contributed by atoms with Gasteiger partial charge in [0.2, 0.25) is 5.95 Å². The number of nitrogens with one attached hydrogen (secondary N) is 1. The molecule has 0 spiro atoms. The van der Waals surface area contributed by atoms with Gasteiger partial charge in [0.1, 0.15) is 11.5 Å². The van der Waals surface area contributed by atoms with Gasteiger partial charge >= 0.3 is 0 Å². The predicted molar refractivity (Wildman–Crippen MR) is 57.6 cm³/mol. The van der Waals surface area contributed by atoms with Gasteiger partial charge in [0.05, 0.1) is 5.56 Å². The fraction of sp³-hybridized carbons (Fsp3) is 0.111. The summed E-state index contributed by atoms with van der Waals surface area (Å²) in [6.45, 7) is 0. The molecule has 0 atom stereocenters. The number of hydrogen-bond acceptors (Lipinski definition) is 5. The predicted octanol–water partition coefficient (Wildman–Crippen LogP) is 1.63. The fourth-order valence-electron chi connectivity index (χ4n) is 1.10. The number of pyridine rings is 1. The van der Waals surface area contributed by atoms with Crippen LogP contribution in [0.15, 0.2) is 24.7 Å². The van der Waals surface area contributed by atoms with Crippen molar-refractivity contribution in [1.29, 1.82) is 0 Å². The van der Waals surface area contributed by atoms with Crippen molar-refractivity contribution in [2.45, 2.75) is 0 Å². The highest BCUT2D eigenvalue weighted by Crippen LogP contribution is 2.21. The summed E-state index contributed by atoms with van der Waals surface area (Å²) in [5.41, 5.74) is 0.693. The van der Waals surface area contributed by atoms with Gasteiger partial charge in [-0.05, 0) is 12.1 Å². The van der Waals surface area contributed by atoms with E-state index < -0.39 is 0 Å². The Bertz CT molecular complexity index is 474. The first-order valence-electron chi connectivity index (χ1n) is 4.29. The average molecular weight is 222 g/mol. The standard InChI is InChI=1S/C9H8ClN5/c1-11-9-14-5-13-8(15-9)6-3-2-4-12-7(6)10/h2-5H,1H3,(H,11,13,14,15). The zero-order chi connectivity index (χ0) is 10.7. The van der Waals surface area contributed by atoms with E-state index in [9.17, 15) is 0 Å². The van der Waals surface area contributed by atoms with Gasteiger partial charge < -0.3 is 5.32 Å². The molecule has 0 unspecified atom stereocenters. The molecule has 0 fully saturated rings. The number of nitrogens with zero attached hydrogens (tertiary/aromatic N) is 4. The number of aromatic nitrogens is 4. The van der Waals surface area contributed by atoms with E-state index in [0.29, 0.717) is 22.5 Å². The maximum atomic E-state index is 5.92. The lowest BCUT2D eigenvalue weighted by Gasteiger charge is -2.02. The van der Waals surface area contributed by atoms with Crippen molar-refractivity contribution in [2.75, 3.05) is 12.4 Å². The molecule has 2 rings (SSSR count). The second-order valence-electron chi connectivity index (χ2n) is 2.72. The lowest BCUT2D eigenvalue weighted by Crippen LogP contribution is -1.99. The average Bonchev–Trinajstić information content (AvgIpc) is 2.30. The zero-order valence-corrected chi connectivity index (χ0v) is 8.73. The van der Waals surface area contributed by atoms with Crippen LogP contribution < -0.4 is 5.32 Å². The topological polar surface area (TPSA) is 63.6 Å². The minimum absolute atomic E-state index is 0.380. The first-order valence-corrected chi connectivity index (χ1v) is 4.66. The third-order valence-electron chi connectivity index (χ3n) is 1.80. The Hall–Kier alpha value is -1.75. The summed E-state index contributed by atoms with van der Waals surface area (Å²) in [5.74, 6) is 1.01. The molecule has 6 heteroatoms. The highest BCUT2D eigenvalue weighted by molar-refractivity contribution is 6.31. The molecule has 5 nitrogen and oxygen atoms in total. The van der Waals surface area contributed by atoms with Crippen molar-refractivity contribution in [3.8, 4) is 11.4 Å². The Morgan fingerprint density at radius 2 is 2.13 bits per heavy atom. The third-order valence-corrected chi connectivity index (χ3v) is 2.10. The van der Waals surface area contributed by atoms with E-state index in [1.54, 1.807) is 19.3 Å². The summed E-state index contributed by atoms with van der Waals surface area (Å²) in [4.78, 5) is 16.1. The second-order valence-corrected chi connectivity index (χ2v) is 3.08. The van der Waals surface area contributed by atoms with Gasteiger partial charge in [0.25, 0.3) is 0 Å². The number of halogens is 1. The molecule has 1 N–H and O–H groups in total. The van der Waals surface area contributed by atoms with Crippen LogP contribution in [0.3, 0.4) is 0 Å². The van der Waals surface area contributed by atoms with Crippen LogP contribution in [0.25, 0.3) is 11.4 Å². The Morgan fingerprint density at radius 1 is 1.27 bits per heavy atom. The van der Waals surface area contributed by atoms with Crippen molar-refractivity contribution < 1.29 is 0 Å². The quantitative estimate of drug-likeness (QED) is 0.781. The van der Waals surface area contributed by atoms with Gasteiger partial charge in [-0.25, -0.2) is 15.0 Å². The van der Waals surface area contributed by atoms with Gasteiger partial charge in [0, 0.05) is 13.2 Å². The van der Waals surface area contributed by atoms with E-state index in [4.69, 9.17) is 11.6 Å². The molecule has 0 saturated heterocycles. The van der Waals surface area contributed by atoms with Crippen LogP contribution in [0.4, 0.5) is 5.95 Å². The van der Waals surface area contributed by atoms with Gasteiger partial charge in [-0.3, -0.25) is 0 Å². The summed E-state index contributed by atoms with van der Waals surface area (Å²) < 4.78 is 0. The summed E-state index contributed by atoms with van der Waals surface area (Å²) in [5, 5.41) is 3.21. The largest absolute Gasteiger partial charge is 0.357 e. The van der Waals surface area contributed by atoms with Gasteiger partial charge in [-0.2, -0.15) is 4.98 Å². The normalized spacial score (nSPS) is 10.0. The number of anilines is 1. The van der Waals surface area contributed by atoms with E-state index >= 15 is 0 Å². The molecular weight excluding hydrogens is 214 g/mol. The molecule has 2 heterocycles. The SMILES string of the molecule is CNc1ncnc(-c2cccnc2Cl)n1. The van der Waals surface area contributed by atoms with Crippen LogP contribution in [-0.4, -0.2) is 27.0 Å². The molecule has 0 amide bonds. The monoisotopic (exact) mass is 221 g/mol. The molecule has 76 valence electrons. The molecule has 0 aliphatic heterocycles. The van der Waals surface area contributed by atoms with E-state index in [1.165, 1.54) is 6.33 Å². The van der Waals surface area contributed by atoms with Crippen molar-refractivity contribution in [1.82, 2.24) is 19.9 Å². The molecule has 2 aromatic rings. The summed E-state index contributed by atoms with van der Waals surface area (Å²) in [6.07, 6.45) is 3.05. The molecule has 0 aliphatic carbocycles. The van der Waals surface area contributed by atoms with Crippen molar-refractivity contribution in [2.24, 2.45) is 0 Å². The van der Waals surface area contributed by atoms with Crippen molar-refractivity contribution >= 4 is 17.5 Å². The van der Waals surface area contributed by atoms with Gasteiger partial charge in [0.15, 0.2) is 5.82 Å². The van der Waals surface area contributed by atoms with Gasteiger partial charge in [-0.1, -0.05) is 11.6 Å². The summed E-state index contributed by atoms with van der Waals surface area (Å²) in [7, 11) is 1.74. The number of rotatable bonds is 2. The Balaban J connectivity index is 2.49. The molecule has 0 aromatic carbocycles. The lowest BCUT2D eigenvalue weighted by atomic mass is 10.3. The van der Waals surface area contributed by atoms with E-state index in [-0.39, 0.29) is 0 Å². The van der Waals surface area contributed by atoms with E-state index in [1.807, 2.05) is 6.07 Å². The molecule has 0 saturated carbocycles. The van der Waals surface area contributed by atoms with E-state index in [0.717, 1.165) is 0 Å². The minimum atomic E-state index is 0.380. The first kappa shape index (κ1) is 9.79.